The Labute approximate surface area is 201 Å². The minimum atomic E-state index is -0.352. The molecule has 1 fully saturated rings. The number of benzene rings is 1. The van der Waals surface area contributed by atoms with Gasteiger partial charge in [0.1, 0.15) is 5.82 Å². The van der Waals surface area contributed by atoms with Gasteiger partial charge in [-0.15, -0.1) is 0 Å². The summed E-state index contributed by atoms with van der Waals surface area (Å²) in [5.74, 6) is -0.584. The van der Waals surface area contributed by atoms with E-state index in [2.05, 4.69) is 19.7 Å². The molecule has 1 amide bonds. The van der Waals surface area contributed by atoms with Crippen molar-refractivity contribution in [1.82, 2.24) is 0 Å². The van der Waals surface area contributed by atoms with Crippen molar-refractivity contribution in [3.05, 3.63) is 103 Å². The van der Waals surface area contributed by atoms with Crippen LogP contribution in [0, 0.1) is 5.82 Å². The number of carbonyl (C=O) groups excluding carboxylic acids is 1. The number of allylic oxidation sites excluding steroid dienone is 5. The molecule has 0 heterocycles. The van der Waals surface area contributed by atoms with E-state index in [0.717, 1.165) is 11.1 Å². The van der Waals surface area contributed by atoms with Crippen molar-refractivity contribution in [2.45, 2.75) is 66.2 Å². The molecule has 0 N–H and O–H groups in total. The van der Waals surface area contributed by atoms with E-state index in [1.807, 2.05) is 45.9 Å². The molecule has 2 rings (SSSR count). The van der Waals surface area contributed by atoms with E-state index in [-0.39, 0.29) is 11.7 Å². The summed E-state index contributed by atoms with van der Waals surface area (Å²) in [5.41, 5.74) is 2.87. The first-order chi connectivity index (χ1) is 15.9. The van der Waals surface area contributed by atoms with Crippen molar-refractivity contribution in [3.8, 4) is 0 Å². The number of rotatable bonds is 8. The topological polar surface area (TPSA) is 20.3 Å². The summed E-state index contributed by atoms with van der Waals surface area (Å²) in [6.07, 6.45) is 19.3. The standard InChI is InChI=1S/C22H24FNO.C6H12.C2H6/c1-6-9-19(8-3)22(25)24(21-14-12-20(23)13-15-21)16-18(7-2)11-10-17(4)5;1-2-4-6-5-3-1;1-2/h6-15H,1,3-4,16H2,2,5H3;1-6H2;1-2H3/b11-10-,18-7+,19-9+;;. The van der Waals surface area contributed by atoms with Gasteiger partial charge in [0.05, 0.1) is 6.54 Å². The Kier molecular flexibility index (Phi) is 17.0. The van der Waals surface area contributed by atoms with E-state index in [1.165, 1.54) is 62.8 Å². The molecule has 1 aliphatic carbocycles. The first-order valence-electron chi connectivity index (χ1n) is 11.9. The molecule has 0 unspecified atom stereocenters. The summed E-state index contributed by atoms with van der Waals surface area (Å²) in [4.78, 5) is 14.5. The van der Waals surface area contributed by atoms with Crippen LogP contribution in [0.4, 0.5) is 10.1 Å². The number of anilines is 1. The molecule has 0 atom stereocenters. The molecule has 33 heavy (non-hydrogen) atoms. The number of halogens is 1. The normalized spacial score (nSPS) is 13.7. The molecule has 0 aromatic heterocycles. The first-order valence-corrected chi connectivity index (χ1v) is 11.9. The van der Waals surface area contributed by atoms with Crippen LogP contribution in [-0.2, 0) is 4.79 Å². The van der Waals surface area contributed by atoms with Crippen LogP contribution in [0.3, 0.4) is 0 Å². The molecule has 3 heteroatoms. The van der Waals surface area contributed by atoms with Gasteiger partial charge in [-0.1, -0.05) is 114 Å². The van der Waals surface area contributed by atoms with E-state index in [1.54, 1.807) is 23.1 Å². The Morgan fingerprint density at radius 3 is 1.91 bits per heavy atom. The average molecular weight is 452 g/mol. The molecule has 1 aromatic carbocycles. The molecule has 1 saturated carbocycles. The van der Waals surface area contributed by atoms with Gasteiger partial charge in [0, 0.05) is 11.3 Å². The van der Waals surface area contributed by atoms with Crippen molar-refractivity contribution < 1.29 is 9.18 Å². The van der Waals surface area contributed by atoms with E-state index >= 15 is 0 Å². The second-order valence-corrected chi connectivity index (χ2v) is 7.59. The molecule has 1 aromatic rings. The SMILES string of the molecule is C1CCCCC1.C=C/C=C(\C=C)C(=O)N(CC(/C=C\C(=C)C)=C/C)c1ccc(F)cc1.CC. The Morgan fingerprint density at radius 2 is 1.52 bits per heavy atom. The highest BCUT2D eigenvalue weighted by Crippen LogP contribution is 2.20. The summed E-state index contributed by atoms with van der Waals surface area (Å²) in [5, 5.41) is 0. The van der Waals surface area contributed by atoms with Crippen molar-refractivity contribution >= 4 is 11.6 Å². The molecule has 0 bridgehead atoms. The van der Waals surface area contributed by atoms with E-state index in [4.69, 9.17) is 0 Å². The molecular formula is C30H42FNO. The second kappa shape index (κ2) is 18.6. The fourth-order valence-corrected chi connectivity index (χ4v) is 3.14. The fraction of sp³-hybridized carbons (Fsp3) is 0.367. The van der Waals surface area contributed by atoms with Gasteiger partial charge in [0.15, 0.2) is 0 Å². The van der Waals surface area contributed by atoms with Crippen LogP contribution in [0.2, 0.25) is 0 Å². The van der Waals surface area contributed by atoms with Gasteiger partial charge in [-0.05, 0) is 43.7 Å². The third-order valence-corrected chi connectivity index (χ3v) is 4.94. The summed E-state index contributed by atoms with van der Waals surface area (Å²) in [6.45, 7) is 19.3. The lowest BCUT2D eigenvalue weighted by atomic mass is 10.0. The van der Waals surface area contributed by atoms with Crippen molar-refractivity contribution in [2.24, 2.45) is 0 Å². The Bertz CT molecular complexity index is 812. The van der Waals surface area contributed by atoms with Gasteiger partial charge in [-0.25, -0.2) is 4.39 Å². The van der Waals surface area contributed by atoms with Gasteiger partial charge >= 0.3 is 0 Å². The Morgan fingerprint density at radius 1 is 1.00 bits per heavy atom. The smallest absolute Gasteiger partial charge is 0.258 e. The van der Waals surface area contributed by atoms with Crippen LogP contribution >= 0.6 is 0 Å². The maximum absolute atomic E-state index is 13.3. The van der Waals surface area contributed by atoms with Gasteiger partial charge in [-0.3, -0.25) is 4.79 Å². The van der Waals surface area contributed by atoms with E-state index in [0.29, 0.717) is 17.8 Å². The number of hydrogen-bond acceptors (Lipinski definition) is 1. The highest BCUT2D eigenvalue weighted by atomic mass is 19.1. The molecule has 0 aliphatic heterocycles. The third kappa shape index (κ3) is 12.6. The van der Waals surface area contributed by atoms with Crippen molar-refractivity contribution in [1.29, 1.82) is 0 Å². The Balaban J connectivity index is 0.00000108. The molecule has 0 saturated heterocycles. The average Bonchev–Trinajstić information content (AvgIpc) is 2.85. The molecule has 180 valence electrons. The zero-order chi connectivity index (χ0) is 25.1. The van der Waals surface area contributed by atoms with Crippen LogP contribution in [-0.4, -0.2) is 12.5 Å². The molecule has 0 spiro atoms. The van der Waals surface area contributed by atoms with Crippen LogP contribution in [0.15, 0.2) is 97.2 Å². The summed E-state index contributed by atoms with van der Waals surface area (Å²) < 4.78 is 13.3. The monoisotopic (exact) mass is 451 g/mol. The predicted octanol–water partition coefficient (Wildman–Crippen LogP) is 8.90. The van der Waals surface area contributed by atoms with Crippen LogP contribution in [0.1, 0.15) is 66.2 Å². The Hall–Kier alpha value is -2.94. The maximum atomic E-state index is 13.3. The molecule has 0 radical (unpaired) electrons. The fourth-order valence-electron chi connectivity index (χ4n) is 3.14. The number of carbonyl (C=O) groups is 1. The minimum Gasteiger partial charge on any atom is -0.304 e. The van der Waals surface area contributed by atoms with E-state index in [9.17, 15) is 9.18 Å². The maximum Gasteiger partial charge on any atom is 0.258 e. The van der Waals surface area contributed by atoms with Gasteiger partial charge in [0.25, 0.3) is 5.91 Å². The van der Waals surface area contributed by atoms with Crippen molar-refractivity contribution in [2.75, 3.05) is 11.4 Å². The molecular weight excluding hydrogens is 409 g/mol. The highest BCUT2D eigenvalue weighted by molar-refractivity contribution is 6.07. The number of amides is 1. The lowest BCUT2D eigenvalue weighted by Gasteiger charge is -2.24. The van der Waals surface area contributed by atoms with E-state index < -0.39 is 0 Å². The number of nitrogens with zero attached hydrogens (tertiary/aromatic N) is 1. The highest BCUT2D eigenvalue weighted by Gasteiger charge is 2.18. The molecule has 1 aliphatic rings. The zero-order valence-corrected chi connectivity index (χ0v) is 21.1. The van der Waals surface area contributed by atoms with Gasteiger partial charge in [-0.2, -0.15) is 0 Å². The second-order valence-electron chi connectivity index (χ2n) is 7.59. The zero-order valence-electron chi connectivity index (χ0n) is 21.1. The summed E-state index contributed by atoms with van der Waals surface area (Å²) in [6, 6.07) is 5.83. The quantitative estimate of drug-likeness (QED) is 0.285. The number of hydrogen-bond donors (Lipinski definition) is 0. The van der Waals surface area contributed by atoms with Crippen molar-refractivity contribution in [3.63, 3.8) is 0 Å². The van der Waals surface area contributed by atoms with Gasteiger partial charge in [0.2, 0.25) is 0 Å². The van der Waals surface area contributed by atoms with Crippen LogP contribution in [0.5, 0.6) is 0 Å². The predicted molar refractivity (Wildman–Crippen MR) is 144 cm³/mol. The largest absolute Gasteiger partial charge is 0.304 e. The first kappa shape index (κ1) is 30.1. The summed E-state index contributed by atoms with van der Waals surface area (Å²) >= 11 is 0. The molecule has 2 nitrogen and oxygen atoms in total. The lowest BCUT2D eigenvalue weighted by Crippen LogP contribution is -2.33. The minimum absolute atomic E-state index is 0.232. The summed E-state index contributed by atoms with van der Waals surface area (Å²) in [7, 11) is 0. The van der Waals surface area contributed by atoms with Gasteiger partial charge < -0.3 is 4.90 Å². The van der Waals surface area contributed by atoms with Crippen LogP contribution < -0.4 is 4.90 Å². The van der Waals surface area contributed by atoms with Crippen LogP contribution in [0.25, 0.3) is 0 Å². The lowest BCUT2D eigenvalue weighted by molar-refractivity contribution is -0.114. The third-order valence-electron chi connectivity index (χ3n) is 4.94.